The molecular formula is C23H25BrF2N6O5. The number of methoxy groups -OCH3 is 1. The van der Waals surface area contributed by atoms with Gasteiger partial charge in [0.1, 0.15) is 30.0 Å². The molecule has 1 aromatic carbocycles. The molecule has 4 fully saturated rings. The maximum absolute atomic E-state index is 14.6. The van der Waals surface area contributed by atoms with Crippen LogP contribution >= 0.6 is 15.9 Å². The van der Waals surface area contributed by atoms with Crippen molar-refractivity contribution >= 4 is 15.9 Å². The van der Waals surface area contributed by atoms with Gasteiger partial charge < -0.3 is 24.4 Å². The summed E-state index contributed by atoms with van der Waals surface area (Å²) in [5.41, 5.74) is 0.516. The smallest absolute Gasteiger partial charge is 0.173 e. The number of aliphatic hydroxyl groups excluding tert-OH is 2. The molecule has 198 valence electrons. The molecule has 4 aliphatic rings. The van der Waals surface area contributed by atoms with Crippen LogP contribution in [0.4, 0.5) is 8.78 Å². The van der Waals surface area contributed by atoms with Gasteiger partial charge in [0, 0.05) is 38.1 Å². The molecule has 0 unspecified atom stereocenters. The second-order valence-electron chi connectivity index (χ2n) is 9.81. The van der Waals surface area contributed by atoms with Crippen molar-refractivity contribution in [3.05, 3.63) is 46.3 Å². The van der Waals surface area contributed by atoms with Crippen molar-refractivity contribution in [3.63, 3.8) is 0 Å². The van der Waals surface area contributed by atoms with Crippen molar-refractivity contribution in [2.75, 3.05) is 20.3 Å². The minimum absolute atomic E-state index is 0.0109. The molecule has 2 bridgehead atoms. The van der Waals surface area contributed by atoms with E-state index in [1.165, 1.54) is 30.1 Å². The average molecular weight is 583 g/mol. The number of aliphatic hydroxyl groups is 2. The Kier molecular flexibility index (Phi) is 6.36. The first-order chi connectivity index (χ1) is 17.8. The zero-order valence-corrected chi connectivity index (χ0v) is 21.3. The van der Waals surface area contributed by atoms with E-state index in [0.29, 0.717) is 18.7 Å². The lowest BCUT2D eigenvalue weighted by Gasteiger charge is -2.43. The van der Waals surface area contributed by atoms with Gasteiger partial charge in [0.15, 0.2) is 11.6 Å². The molecule has 2 aromatic heterocycles. The predicted molar refractivity (Wildman–Crippen MR) is 125 cm³/mol. The Labute approximate surface area is 218 Å². The van der Waals surface area contributed by atoms with Crippen molar-refractivity contribution in [1.29, 1.82) is 0 Å². The van der Waals surface area contributed by atoms with Crippen molar-refractivity contribution in [2.45, 2.75) is 61.4 Å². The van der Waals surface area contributed by atoms with Gasteiger partial charge in [-0.1, -0.05) is 10.4 Å². The van der Waals surface area contributed by atoms with Gasteiger partial charge in [-0.25, -0.2) is 18.1 Å². The summed E-state index contributed by atoms with van der Waals surface area (Å²) in [7, 11) is 1.47. The minimum Gasteiger partial charge on any atom is -0.394 e. The quantitative estimate of drug-likeness (QED) is 0.397. The lowest BCUT2D eigenvalue weighted by atomic mass is 9.78. The van der Waals surface area contributed by atoms with Crippen LogP contribution < -0.4 is 0 Å². The number of halogens is 3. The van der Waals surface area contributed by atoms with Gasteiger partial charge in [-0.05, 0) is 28.1 Å². The molecule has 1 saturated carbocycles. The average Bonchev–Trinajstić information content (AvgIpc) is 3.67. The number of ether oxygens (including phenoxy) is 3. The van der Waals surface area contributed by atoms with Gasteiger partial charge in [0.05, 0.1) is 47.3 Å². The number of hydrogen-bond donors (Lipinski definition) is 2. The Bertz CT molecular complexity index is 1290. The molecule has 0 radical (unpaired) electrons. The summed E-state index contributed by atoms with van der Waals surface area (Å²) in [6, 6.07) is 1.92. The molecule has 3 aromatic rings. The number of nitrogens with zero attached hydrogens (tertiary/aromatic N) is 6. The normalized spacial score (nSPS) is 33.0. The van der Waals surface area contributed by atoms with E-state index in [9.17, 15) is 19.0 Å². The van der Waals surface area contributed by atoms with Crippen molar-refractivity contribution in [2.24, 2.45) is 0 Å². The van der Waals surface area contributed by atoms with Crippen molar-refractivity contribution < 1.29 is 33.2 Å². The van der Waals surface area contributed by atoms with Crippen LogP contribution in [0.5, 0.6) is 0 Å². The Balaban J connectivity index is 1.27. The minimum atomic E-state index is -1.22. The molecule has 2 N–H and O–H groups in total. The molecule has 11 nitrogen and oxygen atoms in total. The summed E-state index contributed by atoms with van der Waals surface area (Å²) in [6.45, 7) is 0.159. The van der Waals surface area contributed by atoms with Gasteiger partial charge in [-0.2, -0.15) is 0 Å². The molecule has 3 aliphatic heterocycles. The van der Waals surface area contributed by atoms with Crippen LogP contribution in [0.2, 0.25) is 0 Å². The second-order valence-corrected chi connectivity index (χ2v) is 10.7. The third kappa shape index (κ3) is 4.10. The topological polar surface area (TPSA) is 130 Å². The van der Waals surface area contributed by atoms with E-state index in [1.807, 2.05) is 10.9 Å². The van der Waals surface area contributed by atoms with Gasteiger partial charge in [-0.3, -0.25) is 0 Å². The molecule has 5 heterocycles. The van der Waals surface area contributed by atoms with E-state index in [1.54, 1.807) is 0 Å². The number of hydrogen-bond acceptors (Lipinski definition) is 9. The first-order valence-electron chi connectivity index (χ1n) is 11.9. The summed E-state index contributed by atoms with van der Waals surface area (Å²) >= 11 is 2.96. The maximum Gasteiger partial charge on any atom is 0.173 e. The van der Waals surface area contributed by atoms with Gasteiger partial charge in [-0.15, -0.1) is 10.2 Å². The Morgan fingerprint density at radius 3 is 2.68 bits per heavy atom. The lowest BCUT2D eigenvalue weighted by molar-refractivity contribution is -0.212. The zero-order valence-electron chi connectivity index (χ0n) is 19.7. The molecule has 0 amide bonds. The third-order valence-electron chi connectivity index (χ3n) is 7.60. The van der Waals surface area contributed by atoms with E-state index in [0.717, 1.165) is 12.8 Å². The molecule has 1 aliphatic carbocycles. The fourth-order valence-electron chi connectivity index (χ4n) is 5.58. The Hall–Kier alpha value is -2.36. The summed E-state index contributed by atoms with van der Waals surface area (Å²) in [6.07, 6.45) is 2.17. The predicted octanol–water partition coefficient (Wildman–Crippen LogP) is 1.38. The summed E-state index contributed by atoms with van der Waals surface area (Å²) in [4.78, 5) is 0. The Morgan fingerprint density at radius 1 is 1.16 bits per heavy atom. The van der Waals surface area contributed by atoms with Crippen LogP contribution in [0.1, 0.15) is 24.6 Å². The Morgan fingerprint density at radius 2 is 1.97 bits per heavy atom. The largest absolute Gasteiger partial charge is 0.394 e. The zero-order chi connectivity index (χ0) is 25.9. The van der Waals surface area contributed by atoms with Crippen LogP contribution in [-0.2, 0) is 26.2 Å². The van der Waals surface area contributed by atoms with Crippen molar-refractivity contribution in [3.8, 4) is 11.3 Å². The highest BCUT2D eigenvalue weighted by molar-refractivity contribution is 9.10. The first-order valence-corrected chi connectivity index (χ1v) is 12.7. The summed E-state index contributed by atoms with van der Waals surface area (Å²) in [5, 5.41) is 37.6. The number of rotatable bonds is 7. The monoisotopic (exact) mass is 582 g/mol. The molecule has 37 heavy (non-hydrogen) atoms. The van der Waals surface area contributed by atoms with E-state index in [4.69, 9.17) is 14.2 Å². The molecule has 0 spiro atoms. The van der Waals surface area contributed by atoms with E-state index < -0.39 is 48.7 Å². The van der Waals surface area contributed by atoms with Crippen LogP contribution in [0.25, 0.3) is 11.3 Å². The van der Waals surface area contributed by atoms with Crippen LogP contribution in [0.15, 0.2) is 29.0 Å². The van der Waals surface area contributed by atoms with Crippen LogP contribution in [-0.4, -0.2) is 91.0 Å². The summed E-state index contributed by atoms with van der Waals surface area (Å²) in [5.74, 6) is -2.11. The van der Waals surface area contributed by atoms with Gasteiger partial charge in [0.2, 0.25) is 0 Å². The van der Waals surface area contributed by atoms with Crippen LogP contribution in [0.3, 0.4) is 0 Å². The highest BCUT2D eigenvalue weighted by atomic mass is 79.9. The first kappa shape index (κ1) is 24.9. The lowest BCUT2D eigenvalue weighted by Crippen LogP contribution is -2.57. The highest BCUT2D eigenvalue weighted by Crippen LogP contribution is 2.47. The summed E-state index contributed by atoms with van der Waals surface area (Å²) < 4.78 is 49.3. The van der Waals surface area contributed by atoms with Crippen LogP contribution in [0, 0.1) is 11.6 Å². The van der Waals surface area contributed by atoms with Gasteiger partial charge in [0.25, 0.3) is 0 Å². The van der Waals surface area contributed by atoms with E-state index in [2.05, 4.69) is 36.6 Å². The number of fused-ring (bicyclic) bond motifs is 1. The fraction of sp³-hybridized carbons (Fsp3) is 0.565. The molecule has 14 heteroatoms. The standard InChI is InChI=1S/C23H25BrF2N6O5/c1-35-22-16(4-11-7-32(30-27-11)23-5-12(6-23)36-10-23)37-17(9-33)21(34)20(22)31-8-15(28-29-31)13-2-3-14(24)19(26)18(13)25/h2-3,7-8,12,16-17,20-22,33-34H,4-6,9-10H2,1H3/t12?,16-,17-,20+,21+,22+,23?/m1/s1. The third-order valence-corrected chi connectivity index (χ3v) is 8.22. The van der Waals surface area contributed by atoms with E-state index >= 15 is 0 Å². The second kappa shape index (κ2) is 9.43. The molecular weight excluding hydrogens is 558 g/mol. The SMILES string of the molecule is CO[C@@H]1[C@@H](n2cc(-c3ccc(Br)c(F)c3F)nn2)[C@@H](O)[C@@H](CO)O[C@@H]1Cc1cn(C23COC(C2)C3)nn1. The van der Waals surface area contributed by atoms with Gasteiger partial charge >= 0.3 is 0 Å². The maximum atomic E-state index is 14.6. The fourth-order valence-corrected chi connectivity index (χ4v) is 5.89. The number of aromatic nitrogens is 6. The van der Waals surface area contributed by atoms with E-state index in [-0.39, 0.29) is 27.4 Å². The number of benzene rings is 1. The highest BCUT2D eigenvalue weighted by Gasteiger charge is 2.54. The molecule has 5 atom stereocenters. The molecule has 7 rings (SSSR count). The molecule has 3 saturated heterocycles. The van der Waals surface area contributed by atoms with Crippen molar-refractivity contribution in [1.82, 2.24) is 30.0 Å².